The first-order chi connectivity index (χ1) is 16.5. The minimum atomic E-state index is -0.268. The van der Waals surface area contributed by atoms with Gasteiger partial charge in [-0.1, -0.05) is 44.2 Å². The van der Waals surface area contributed by atoms with E-state index in [9.17, 15) is 4.79 Å². The van der Waals surface area contributed by atoms with E-state index in [0.717, 1.165) is 34.8 Å². The summed E-state index contributed by atoms with van der Waals surface area (Å²) in [5.41, 5.74) is 5.16. The van der Waals surface area contributed by atoms with Gasteiger partial charge in [-0.2, -0.15) is 5.10 Å². The summed E-state index contributed by atoms with van der Waals surface area (Å²) < 4.78 is 13.4. The molecule has 0 aliphatic rings. The first-order valence-electron chi connectivity index (χ1n) is 11.7. The van der Waals surface area contributed by atoms with Crippen molar-refractivity contribution in [2.45, 2.75) is 53.2 Å². The number of amides is 1. The number of aromatic nitrogens is 2. The van der Waals surface area contributed by atoms with E-state index < -0.39 is 0 Å². The van der Waals surface area contributed by atoms with Crippen LogP contribution < -0.4 is 10.1 Å². The average Bonchev–Trinajstić information content (AvgIpc) is 3.46. The zero-order valence-electron chi connectivity index (χ0n) is 20.2. The van der Waals surface area contributed by atoms with E-state index in [-0.39, 0.29) is 18.3 Å². The number of ether oxygens (including phenoxy) is 1. The SMILES string of the molecule is CCC(C)c1ccc(OCc2ccc(C(=O)NCc3c(C)nn(-c4ccccc4)c3C)o2)cc1. The minimum Gasteiger partial charge on any atom is -0.486 e. The van der Waals surface area contributed by atoms with Gasteiger partial charge in [0.15, 0.2) is 5.76 Å². The molecular formula is C28H31N3O3. The molecule has 176 valence electrons. The van der Waals surface area contributed by atoms with Crippen molar-refractivity contribution in [2.75, 3.05) is 0 Å². The summed E-state index contributed by atoms with van der Waals surface area (Å²) in [5, 5.41) is 7.58. The lowest BCUT2D eigenvalue weighted by Gasteiger charge is -2.10. The van der Waals surface area contributed by atoms with Gasteiger partial charge >= 0.3 is 0 Å². The Kier molecular flexibility index (Phi) is 7.16. The third kappa shape index (κ3) is 5.22. The van der Waals surface area contributed by atoms with Gasteiger partial charge in [0, 0.05) is 17.8 Å². The van der Waals surface area contributed by atoms with Gasteiger partial charge in [-0.05, 0) is 68.1 Å². The third-order valence-electron chi connectivity index (χ3n) is 6.20. The highest BCUT2D eigenvalue weighted by atomic mass is 16.5. The van der Waals surface area contributed by atoms with Crippen molar-refractivity contribution in [1.29, 1.82) is 0 Å². The normalized spacial score (nSPS) is 11.9. The second kappa shape index (κ2) is 10.4. The summed E-state index contributed by atoms with van der Waals surface area (Å²) in [6, 6.07) is 21.5. The van der Waals surface area contributed by atoms with Gasteiger partial charge in [-0.15, -0.1) is 0 Å². The number of nitrogens with one attached hydrogen (secondary N) is 1. The van der Waals surface area contributed by atoms with Crippen molar-refractivity contribution in [3.63, 3.8) is 0 Å². The number of benzene rings is 2. The summed E-state index contributed by atoms with van der Waals surface area (Å²) >= 11 is 0. The van der Waals surface area contributed by atoms with E-state index in [1.165, 1.54) is 5.56 Å². The molecule has 6 heteroatoms. The fourth-order valence-corrected chi connectivity index (χ4v) is 3.87. The molecule has 0 aliphatic heterocycles. The van der Waals surface area contributed by atoms with Crippen LogP contribution in [-0.2, 0) is 13.2 Å². The number of rotatable bonds is 9. The molecule has 4 aromatic rings. The molecule has 1 atom stereocenters. The fourth-order valence-electron chi connectivity index (χ4n) is 3.87. The van der Waals surface area contributed by atoms with E-state index in [2.05, 4.69) is 36.4 Å². The van der Waals surface area contributed by atoms with Crippen molar-refractivity contribution in [2.24, 2.45) is 0 Å². The lowest BCUT2D eigenvalue weighted by molar-refractivity contribution is 0.0919. The van der Waals surface area contributed by atoms with E-state index >= 15 is 0 Å². The maximum Gasteiger partial charge on any atom is 0.287 e. The number of aryl methyl sites for hydroxylation is 1. The van der Waals surface area contributed by atoms with Crippen LogP contribution in [0.3, 0.4) is 0 Å². The standard InChI is InChI=1S/C28H31N3O3/c1-5-19(2)22-11-13-24(14-12-22)33-18-25-15-16-27(34-25)28(32)29-17-26-20(3)30-31(21(26)4)23-9-7-6-8-10-23/h6-16,19H,5,17-18H2,1-4H3,(H,29,32). The lowest BCUT2D eigenvalue weighted by Crippen LogP contribution is -2.23. The van der Waals surface area contributed by atoms with Crippen LogP contribution in [0.5, 0.6) is 5.75 Å². The predicted octanol–water partition coefficient (Wildman–Crippen LogP) is 6.10. The summed E-state index contributed by atoms with van der Waals surface area (Å²) in [6.07, 6.45) is 1.10. The van der Waals surface area contributed by atoms with Crippen molar-refractivity contribution in [3.05, 3.63) is 101 Å². The summed E-state index contributed by atoms with van der Waals surface area (Å²) in [7, 11) is 0. The molecule has 0 radical (unpaired) electrons. The number of hydrogen-bond donors (Lipinski definition) is 1. The van der Waals surface area contributed by atoms with Gasteiger partial charge in [0.25, 0.3) is 5.91 Å². The van der Waals surface area contributed by atoms with Gasteiger partial charge in [0.1, 0.15) is 18.1 Å². The maximum absolute atomic E-state index is 12.7. The van der Waals surface area contributed by atoms with E-state index in [1.54, 1.807) is 12.1 Å². The Hall–Kier alpha value is -3.80. The van der Waals surface area contributed by atoms with Gasteiger partial charge < -0.3 is 14.5 Å². The molecule has 0 spiro atoms. The lowest BCUT2D eigenvalue weighted by atomic mass is 9.99. The van der Waals surface area contributed by atoms with Crippen LogP contribution in [0.2, 0.25) is 0 Å². The Morgan fingerprint density at radius 1 is 1.06 bits per heavy atom. The molecule has 6 nitrogen and oxygen atoms in total. The molecule has 2 aromatic heterocycles. The highest BCUT2D eigenvalue weighted by Crippen LogP contribution is 2.22. The van der Waals surface area contributed by atoms with Crippen LogP contribution >= 0.6 is 0 Å². The van der Waals surface area contributed by atoms with E-state index in [0.29, 0.717) is 18.2 Å². The Morgan fingerprint density at radius 3 is 2.50 bits per heavy atom. The molecule has 0 saturated carbocycles. The smallest absolute Gasteiger partial charge is 0.287 e. The zero-order valence-corrected chi connectivity index (χ0v) is 20.2. The Balaban J connectivity index is 1.34. The highest BCUT2D eigenvalue weighted by Gasteiger charge is 2.16. The minimum absolute atomic E-state index is 0.261. The summed E-state index contributed by atoms with van der Waals surface area (Å²) in [4.78, 5) is 12.7. The number of carbonyl (C=O) groups excluding carboxylic acids is 1. The van der Waals surface area contributed by atoms with E-state index in [1.807, 2.05) is 61.0 Å². The largest absolute Gasteiger partial charge is 0.486 e. The van der Waals surface area contributed by atoms with Crippen LogP contribution in [0.1, 0.15) is 65.0 Å². The topological polar surface area (TPSA) is 69.3 Å². The number of nitrogens with zero attached hydrogens (tertiary/aromatic N) is 2. The first-order valence-corrected chi connectivity index (χ1v) is 11.7. The van der Waals surface area contributed by atoms with Crippen molar-refractivity contribution in [1.82, 2.24) is 15.1 Å². The van der Waals surface area contributed by atoms with Crippen molar-refractivity contribution in [3.8, 4) is 11.4 Å². The van der Waals surface area contributed by atoms with Crippen molar-refractivity contribution < 1.29 is 13.9 Å². The number of hydrogen-bond acceptors (Lipinski definition) is 4. The summed E-state index contributed by atoms with van der Waals surface area (Å²) in [6.45, 7) is 8.98. The van der Waals surface area contributed by atoms with Crippen molar-refractivity contribution >= 4 is 5.91 Å². The number of carbonyl (C=O) groups is 1. The molecule has 1 unspecified atom stereocenters. The van der Waals surface area contributed by atoms with E-state index in [4.69, 9.17) is 9.15 Å². The van der Waals surface area contributed by atoms with Crippen LogP contribution in [0.4, 0.5) is 0 Å². The molecule has 4 rings (SSSR count). The van der Waals surface area contributed by atoms with Gasteiger partial charge in [-0.25, -0.2) is 4.68 Å². The molecule has 0 saturated heterocycles. The zero-order chi connectivity index (χ0) is 24.1. The second-order valence-electron chi connectivity index (χ2n) is 8.51. The molecular weight excluding hydrogens is 426 g/mol. The predicted molar refractivity (Wildman–Crippen MR) is 132 cm³/mol. The molecule has 1 amide bonds. The summed E-state index contributed by atoms with van der Waals surface area (Å²) in [5.74, 6) is 1.89. The number of furan rings is 1. The molecule has 0 bridgehead atoms. The second-order valence-corrected chi connectivity index (χ2v) is 8.51. The third-order valence-corrected chi connectivity index (χ3v) is 6.20. The van der Waals surface area contributed by atoms with Crippen LogP contribution in [0.25, 0.3) is 5.69 Å². The Labute approximate surface area is 200 Å². The van der Waals surface area contributed by atoms with Crippen LogP contribution in [0, 0.1) is 13.8 Å². The number of para-hydroxylation sites is 1. The average molecular weight is 458 g/mol. The van der Waals surface area contributed by atoms with Crippen LogP contribution in [0.15, 0.2) is 71.1 Å². The Bertz CT molecular complexity index is 1240. The molecule has 1 N–H and O–H groups in total. The quantitative estimate of drug-likeness (QED) is 0.329. The molecule has 2 aromatic carbocycles. The molecule has 34 heavy (non-hydrogen) atoms. The molecule has 0 fully saturated rings. The van der Waals surface area contributed by atoms with Crippen LogP contribution in [-0.4, -0.2) is 15.7 Å². The fraction of sp³-hybridized carbons (Fsp3) is 0.286. The van der Waals surface area contributed by atoms with Gasteiger partial charge in [-0.3, -0.25) is 4.79 Å². The Morgan fingerprint density at radius 2 is 1.79 bits per heavy atom. The van der Waals surface area contributed by atoms with Gasteiger partial charge in [0.05, 0.1) is 11.4 Å². The highest BCUT2D eigenvalue weighted by molar-refractivity contribution is 5.91. The molecule has 2 heterocycles. The maximum atomic E-state index is 12.7. The molecule has 0 aliphatic carbocycles. The first kappa shape index (κ1) is 23.4. The monoisotopic (exact) mass is 457 g/mol. The van der Waals surface area contributed by atoms with Gasteiger partial charge in [0.2, 0.25) is 0 Å².